The third-order valence-corrected chi connectivity index (χ3v) is 2.02. The van der Waals surface area contributed by atoms with Gasteiger partial charge < -0.3 is 0 Å². The molecule has 0 aliphatic rings. The van der Waals surface area contributed by atoms with Crippen LogP contribution in [0.2, 0.25) is 0 Å². The molecule has 68 valence electrons. The lowest BCUT2D eigenvalue weighted by Gasteiger charge is -2.09. The SMILES string of the molecule is FC(F)(F)/C(=C\S)CC(=S)C=S. The van der Waals surface area contributed by atoms with E-state index in [9.17, 15) is 13.2 Å². The van der Waals surface area contributed by atoms with Gasteiger partial charge in [-0.15, -0.1) is 0 Å². The zero-order valence-electron chi connectivity index (χ0n) is 5.76. The molecule has 6 heteroatoms. The lowest BCUT2D eigenvalue weighted by Crippen LogP contribution is -2.14. The van der Waals surface area contributed by atoms with Gasteiger partial charge in [-0.25, -0.2) is 0 Å². The van der Waals surface area contributed by atoms with Crippen molar-refractivity contribution in [2.24, 2.45) is 0 Å². The van der Waals surface area contributed by atoms with Crippen molar-refractivity contribution in [3.05, 3.63) is 11.0 Å². The van der Waals surface area contributed by atoms with Crippen LogP contribution in [-0.4, -0.2) is 16.4 Å². The van der Waals surface area contributed by atoms with Crippen LogP contribution in [0.25, 0.3) is 0 Å². The Kier molecular flexibility index (Phi) is 4.96. The van der Waals surface area contributed by atoms with E-state index in [1.807, 2.05) is 0 Å². The maximum Gasteiger partial charge on any atom is 0.413 e. The molecule has 0 aliphatic heterocycles. The molecule has 0 amide bonds. The first kappa shape index (κ1) is 12.1. The molecule has 0 fully saturated rings. The molecule has 0 heterocycles. The zero-order valence-corrected chi connectivity index (χ0v) is 8.29. The van der Waals surface area contributed by atoms with Gasteiger partial charge in [-0.2, -0.15) is 25.8 Å². The van der Waals surface area contributed by atoms with Gasteiger partial charge in [0.05, 0.1) is 0 Å². The molecule has 12 heavy (non-hydrogen) atoms. The summed E-state index contributed by atoms with van der Waals surface area (Å²) in [5, 5.41) is 1.75. The zero-order chi connectivity index (χ0) is 9.78. The Morgan fingerprint density at radius 2 is 1.92 bits per heavy atom. The van der Waals surface area contributed by atoms with Gasteiger partial charge in [0.1, 0.15) is 0 Å². The minimum absolute atomic E-state index is 0.0858. The Balaban J connectivity index is 4.42. The third-order valence-electron chi connectivity index (χ3n) is 1.02. The van der Waals surface area contributed by atoms with Crippen molar-refractivity contribution in [2.45, 2.75) is 12.6 Å². The second-order valence-electron chi connectivity index (χ2n) is 1.91. The van der Waals surface area contributed by atoms with Gasteiger partial charge in [0, 0.05) is 22.2 Å². The molecule has 0 bridgehead atoms. The fourth-order valence-electron chi connectivity index (χ4n) is 0.448. The fourth-order valence-corrected chi connectivity index (χ4v) is 0.925. The van der Waals surface area contributed by atoms with E-state index in [0.717, 1.165) is 5.37 Å². The van der Waals surface area contributed by atoms with E-state index in [4.69, 9.17) is 0 Å². The maximum absolute atomic E-state index is 12.0. The van der Waals surface area contributed by atoms with Crippen LogP contribution in [0.4, 0.5) is 13.2 Å². The van der Waals surface area contributed by atoms with Crippen molar-refractivity contribution in [3.8, 4) is 0 Å². The molecule has 0 atom stereocenters. The molecule has 0 N–H and O–H groups in total. The molecular formula is C6H5F3S3. The molecule has 0 aromatic heterocycles. The number of halogens is 3. The summed E-state index contributed by atoms with van der Waals surface area (Å²) >= 11 is 12.3. The van der Waals surface area contributed by atoms with Gasteiger partial charge in [-0.1, -0.05) is 24.4 Å². The summed E-state index contributed by atoms with van der Waals surface area (Å²) in [6.45, 7) is 0. The molecule has 0 aliphatic carbocycles. The molecule has 0 nitrogen and oxygen atoms in total. The van der Waals surface area contributed by atoms with Gasteiger partial charge in [0.15, 0.2) is 0 Å². The Labute approximate surface area is 84.2 Å². The quantitative estimate of drug-likeness (QED) is 0.584. The van der Waals surface area contributed by atoms with Crippen molar-refractivity contribution in [2.75, 3.05) is 0 Å². The highest BCUT2D eigenvalue weighted by atomic mass is 32.1. The standard InChI is InChI=1S/C6H5F3S3/c7-6(8,9)4(2-10)1-5(12)3-11/h2-3,10H,1H2/b4-2-. The molecule has 0 saturated carbocycles. The highest BCUT2D eigenvalue weighted by molar-refractivity contribution is 7.88. The van der Waals surface area contributed by atoms with Crippen molar-refractivity contribution in [1.29, 1.82) is 0 Å². The van der Waals surface area contributed by atoms with Gasteiger partial charge in [-0.05, 0) is 5.41 Å². The van der Waals surface area contributed by atoms with E-state index in [-0.39, 0.29) is 11.3 Å². The van der Waals surface area contributed by atoms with Gasteiger partial charge >= 0.3 is 6.18 Å². The van der Waals surface area contributed by atoms with Gasteiger partial charge in [0.25, 0.3) is 0 Å². The molecule has 0 rings (SSSR count). The topological polar surface area (TPSA) is 0 Å². The minimum atomic E-state index is -4.37. The summed E-state index contributed by atoms with van der Waals surface area (Å²) in [4.78, 5) is 0.0858. The van der Waals surface area contributed by atoms with Crippen LogP contribution in [0, 0.1) is 0 Å². The summed E-state index contributed by atoms with van der Waals surface area (Å²) in [6.07, 6.45) is -4.74. The predicted molar refractivity (Wildman–Crippen MR) is 54.0 cm³/mol. The molecular weight excluding hydrogens is 225 g/mol. The average molecular weight is 230 g/mol. The number of rotatable bonds is 3. The summed E-state index contributed by atoms with van der Waals surface area (Å²) < 4.78 is 36.0. The van der Waals surface area contributed by atoms with Crippen LogP contribution in [0.3, 0.4) is 0 Å². The first-order chi connectivity index (χ1) is 5.41. The first-order valence-electron chi connectivity index (χ1n) is 2.80. The van der Waals surface area contributed by atoms with E-state index < -0.39 is 11.7 Å². The van der Waals surface area contributed by atoms with E-state index in [1.165, 1.54) is 0 Å². The summed E-state index contributed by atoms with van der Waals surface area (Å²) in [7, 11) is 0. The second-order valence-corrected chi connectivity index (χ2v) is 2.93. The molecule has 0 aromatic carbocycles. The van der Waals surface area contributed by atoms with E-state index in [0.29, 0.717) is 5.41 Å². The monoisotopic (exact) mass is 230 g/mol. The number of hydrogen-bond donors (Lipinski definition) is 1. The number of thiol groups is 1. The van der Waals surface area contributed by atoms with Crippen LogP contribution >= 0.6 is 37.1 Å². The number of allylic oxidation sites excluding steroid dienone is 1. The Morgan fingerprint density at radius 3 is 2.17 bits per heavy atom. The average Bonchev–Trinajstić information content (AvgIpc) is 1.97. The molecule has 0 saturated heterocycles. The summed E-state index contributed by atoms with van der Waals surface area (Å²) in [5.41, 5.74) is -0.781. The largest absolute Gasteiger partial charge is 0.413 e. The summed E-state index contributed by atoms with van der Waals surface area (Å²) in [6, 6.07) is 0. The number of alkyl halides is 3. The van der Waals surface area contributed by atoms with Crippen molar-refractivity contribution < 1.29 is 13.2 Å². The molecule has 0 radical (unpaired) electrons. The number of thiocarbonyl (C=S) groups is 2. The lowest BCUT2D eigenvalue weighted by atomic mass is 10.2. The molecule has 0 spiro atoms. The van der Waals surface area contributed by atoms with Crippen LogP contribution in [0.1, 0.15) is 6.42 Å². The summed E-state index contributed by atoms with van der Waals surface area (Å²) in [5.74, 6) is 0. The van der Waals surface area contributed by atoms with Gasteiger partial charge in [0.2, 0.25) is 0 Å². The normalized spacial score (nSPS) is 12.8. The Hall–Kier alpha value is 0.0600. The van der Waals surface area contributed by atoms with Gasteiger partial charge in [-0.3, -0.25) is 0 Å². The van der Waals surface area contributed by atoms with E-state index in [1.54, 1.807) is 0 Å². The van der Waals surface area contributed by atoms with Crippen LogP contribution in [0.15, 0.2) is 11.0 Å². The fraction of sp³-hybridized carbons (Fsp3) is 0.333. The number of hydrogen-bond acceptors (Lipinski definition) is 3. The van der Waals surface area contributed by atoms with Crippen molar-refractivity contribution in [3.63, 3.8) is 0 Å². The maximum atomic E-state index is 12.0. The van der Waals surface area contributed by atoms with Crippen molar-refractivity contribution >= 4 is 47.3 Å². The molecule has 0 unspecified atom stereocenters. The minimum Gasteiger partial charge on any atom is -0.166 e. The first-order valence-corrected chi connectivity index (χ1v) is 4.20. The Bertz CT molecular complexity index is 217. The second kappa shape index (κ2) is 4.94. The lowest BCUT2D eigenvalue weighted by molar-refractivity contribution is -0.0921. The van der Waals surface area contributed by atoms with E-state index >= 15 is 0 Å². The predicted octanol–water partition coefficient (Wildman–Crippen LogP) is 3.12. The van der Waals surface area contributed by atoms with E-state index in [2.05, 4.69) is 37.1 Å². The smallest absolute Gasteiger partial charge is 0.166 e. The van der Waals surface area contributed by atoms with Crippen LogP contribution in [-0.2, 0) is 0 Å². The van der Waals surface area contributed by atoms with Crippen LogP contribution in [0.5, 0.6) is 0 Å². The third kappa shape index (κ3) is 4.18. The highest BCUT2D eigenvalue weighted by Crippen LogP contribution is 2.28. The van der Waals surface area contributed by atoms with Crippen molar-refractivity contribution in [1.82, 2.24) is 0 Å². The Morgan fingerprint density at radius 1 is 1.42 bits per heavy atom. The molecule has 0 aromatic rings. The highest BCUT2D eigenvalue weighted by Gasteiger charge is 2.33. The van der Waals surface area contributed by atoms with Crippen LogP contribution < -0.4 is 0 Å².